The Morgan fingerprint density at radius 2 is 2.25 bits per heavy atom. The van der Waals surface area contributed by atoms with E-state index in [1.807, 2.05) is 11.4 Å². The number of hydrogen-bond donors (Lipinski definition) is 2. The molecule has 0 amide bonds. The van der Waals surface area contributed by atoms with Crippen LogP contribution in [0.2, 0.25) is 0 Å². The fourth-order valence-electron chi connectivity index (χ4n) is 0.750. The molecule has 5 heteroatoms. The van der Waals surface area contributed by atoms with Crippen LogP contribution >= 0.6 is 23.7 Å². The van der Waals surface area contributed by atoms with Gasteiger partial charge in [-0.1, -0.05) is 6.07 Å². The largest absolute Gasteiger partial charge is 0.370 e. The molecule has 0 saturated heterocycles. The van der Waals surface area contributed by atoms with Crippen LogP contribution in [-0.2, 0) is 6.42 Å². The second kappa shape index (κ2) is 5.85. The second-order valence-corrected chi connectivity index (χ2v) is 3.17. The van der Waals surface area contributed by atoms with Crippen molar-refractivity contribution in [2.45, 2.75) is 6.42 Å². The molecule has 0 aromatic carbocycles. The van der Waals surface area contributed by atoms with E-state index in [0.29, 0.717) is 6.54 Å². The SMILES string of the molecule is Cl.NC(N)=NCCc1cccs1. The standard InChI is InChI=1S/C7H11N3S.ClH/c8-7(9)10-4-3-6-2-1-5-11-6;/h1-2,5H,3-4H2,(H4,8,9,10);1H. The summed E-state index contributed by atoms with van der Waals surface area (Å²) in [5.74, 6) is 0.168. The summed E-state index contributed by atoms with van der Waals surface area (Å²) in [4.78, 5) is 5.19. The van der Waals surface area contributed by atoms with Crippen LogP contribution in [0.1, 0.15) is 4.88 Å². The molecule has 1 aromatic heterocycles. The Morgan fingerprint density at radius 3 is 2.75 bits per heavy atom. The lowest BCUT2D eigenvalue weighted by molar-refractivity contribution is 0.981. The van der Waals surface area contributed by atoms with Crippen molar-refractivity contribution in [1.82, 2.24) is 0 Å². The highest BCUT2D eigenvalue weighted by atomic mass is 35.5. The molecular weight excluding hydrogens is 194 g/mol. The normalized spacial score (nSPS) is 8.67. The van der Waals surface area contributed by atoms with Gasteiger partial charge in [-0.25, -0.2) is 0 Å². The summed E-state index contributed by atoms with van der Waals surface area (Å²) in [5.41, 5.74) is 10.3. The monoisotopic (exact) mass is 205 g/mol. The second-order valence-electron chi connectivity index (χ2n) is 2.14. The van der Waals surface area contributed by atoms with E-state index in [0.717, 1.165) is 6.42 Å². The molecule has 68 valence electrons. The highest BCUT2D eigenvalue weighted by Crippen LogP contribution is 2.08. The zero-order valence-corrected chi connectivity index (χ0v) is 8.20. The van der Waals surface area contributed by atoms with Gasteiger partial charge in [-0.3, -0.25) is 4.99 Å². The zero-order chi connectivity index (χ0) is 8.10. The minimum atomic E-state index is 0. The smallest absolute Gasteiger partial charge is 0.185 e. The molecule has 1 heterocycles. The molecule has 12 heavy (non-hydrogen) atoms. The van der Waals surface area contributed by atoms with Gasteiger partial charge in [-0.2, -0.15) is 0 Å². The van der Waals surface area contributed by atoms with Gasteiger partial charge in [-0.15, -0.1) is 23.7 Å². The van der Waals surface area contributed by atoms with Crippen LogP contribution in [0.5, 0.6) is 0 Å². The van der Waals surface area contributed by atoms with E-state index in [2.05, 4.69) is 11.1 Å². The lowest BCUT2D eigenvalue weighted by Gasteiger charge is -1.92. The van der Waals surface area contributed by atoms with Gasteiger partial charge in [0.25, 0.3) is 0 Å². The Morgan fingerprint density at radius 1 is 1.50 bits per heavy atom. The fraction of sp³-hybridized carbons (Fsp3) is 0.286. The van der Waals surface area contributed by atoms with Gasteiger partial charge >= 0.3 is 0 Å². The average molecular weight is 206 g/mol. The van der Waals surface area contributed by atoms with Crippen LogP contribution in [0.15, 0.2) is 22.5 Å². The average Bonchev–Trinajstić information content (AvgIpc) is 2.39. The Kier molecular flexibility index (Phi) is 5.49. The maximum Gasteiger partial charge on any atom is 0.185 e. The van der Waals surface area contributed by atoms with Gasteiger partial charge in [0, 0.05) is 17.8 Å². The van der Waals surface area contributed by atoms with Crippen LogP contribution in [0.25, 0.3) is 0 Å². The number of nitrogens with zero attached hydrogens (tertiary/aromatic N) is 1. The number of guanidine groups is 1. The predicted molar refractivity (Wildman–Crippen MR) is 55.9 cm³/mol. The van der Waals surface area contributed by atoms with E-state index in [9.17, 15) is 0 Å². The number of thiophene rings is 1. The van der Waals surface area contributed by atoms with E-state index in [-0.39, 0.29) is 18.4 Å². The predicted octanol–water partition coefficient (Wildman–Crippen LogP) is 0.986. The molecule has 0 aliphatic carbocycles. The summed E-state index contributed by atoms with van der Waals surface area (Å²) in [6, 6.07) is 4.10. The first-order valence-corrected chi connectivity index (χ1v) is 4.25. The van der Waals surface area contributed by atoms with Gasteiger partial charge in [0.15, 0.2) is 5.96 Å². The van der Waals surface area contributed by atoms with Crippen LogP contribution in [0.3, 0.4) is 0 Å². The molecule has 0 aliphatic rings. The van der Waals surface area contributed by atoms with Crippen molar-refractivity contribution in [2.24, 2.45) is 16.5 Å². The van der Waals surface area contributed by atoms with Crippen molar-refractivity contribution in [3.63, 3.8) is 0 Å². The molecule has 3 nitrogen and oxygen atoms in total. The molecule has 1 rings (SSSR count). The lowest BCUT2D eigenvalue weighted by atomic mass is 10.3. The third-order valence-electron chi connectivity index (χ3n) is 1.23. The number of hydrogen-bond acceptors (Lipinski definition) is 2. The van der Waals surface area contributed by atoms with Gasteiger partial charge in [-0.05, 0) is 11.4 Å². The quantitative estimate of drug-likeness (QED) is 0.571. The van der Waals surface area contributed by atoms with Crippen LogP contribution in [0, 0.1) is 0 Å². The fourth-order valence-corrected chi connectivity index (χ4v) is 1.45. The summed E-state index contributed by atoms with van der Waals surface area (Å²) in [6.07, 6.45) is 0.926. The highest BCUT2D eigenvalue weighted by molar-refractivity contribution is 7.09. The van der Waals surface area contributed by atoms with Crippen molar-refractivity contribution < 1.29 is 0 Å². The Balaban J connectivity index is 0.00000121. The molecule has 0 saturated carbocycles. The molecule has 0 fully saturated rings. The number of aliphatic imine (C=N–C) groups is 1. The van der Waals surface area contributed by atoms with Crippen LogP contribution in [-0.4, -0.2) is 12.5 Å². The van der Waals surface area contributed by atoms with Gasteiger partial charge in [0.1, 0.15) is 0 Å². The minimum absolute atomic E-state index is 0. The highest BCUT2D eigenvalue weighted by Gasteiger charge is 1.90. The third kappa shape index (κ3) is 4.20. The minimum Gasteiger partial charge on any atom is -0.370 e. The Hall–Kier alpha value is -0.740. The van der Waals surface area contributed by atoms with E-state index >= 15 is 0 Å². The summed E-state index contributed by atoms with van der Waals surface area (Å²) >= 11 is 1.72. The van der Waals surface area contributed by atoms with E-state index in [4.69, 9.17) is 11.5 Å². The number of nitrogens with two attached hydrogens (primary N) is 2. The Labute approximate surface area is 81.9 Å². The zero-order valence-electron chi connectivity index (χ0n) is 6.56. The van der Waals surface area contributed by atoms with E-state index in [1.165, 1.54) is 4.88 Å². The molecule has 0 radical (unpaired) electrons. The molecule has 0 unspecified atom stereocenters. The van der Waals surface area contributed by atoms with Crippen molar-refractivity contribution in [3.05, 3.63) is 22.4 Å². The molecular formula is C7H12ClN3S. The first-order chi connectivity index (χ1) is 5.29. The maximum absolute atomic E-state index is 5.16. The first kappa shape index (κ1) is 11.3. The Bertz CT molecular complexity index is 229. The summed E-state index contributed by atoms with van der Waals surface area (Å²) < 4.78 is 0. The third-order valence-corrected chi connectivity index (χ3v) is 2.17. The molecule has 0 atom stereocenters. The molecule has 0 spiro atoms. The van der Waals surface area contributed by atoms with Crippen molar-refractivity contribution >= 4 is 29.7 Å². The summed E-state index contributed by atoms with van der Waals surface area (Å²) in [6.45, 7) is 0.683. The molecule has 0 aliphatic heterocycles. The van der Waals surface area contributed by atoms with E-state index in [1.54, 1.807) is 11.3 Å². The van der Waals surface area contributed by atoms with Crippen LogP contribution < -0.4 is 11.5 Å². The van der Waals surface area contributed by atoms with Crippen molar-refractivity contribution in [2.75, 3.05) is 6.54 Å². The summed E-state index contributed by atoms with van der Waals surface area (Å²) in [5, 5.41) is 2.05. The molecule has 0 bridgehead atoms. The summed E-state index contributed by atoms with van der Waals surface area (Å²) in [7, 11) is 0. The van der Waals surface area contributed by atoms with Crippen molar-refractivity contribution in [1.29, 1.82) is 0 Å². The van der Waals surface area contributed by atoms with Crippen LogP contribution in [0.4, 0.5) is 0 Å². The topological polar surface area (TPSA) is 64.4 Å². The van der Waals surface area contributed by atoms with Gasteiger partial charge < -0.3 is 11.5 Å². The van der Waals surface area contributed by atoms with Gasteiger partial charge in [0.2, 0.25) is 0 Å². The van der Waals surface area contributed by atoms with Crippen molar-refractivity contribution in [3.8, 4) is 0 Å². The van der Waals surface area contributed by atoms with E-state index < -0.39 is 0 Å². The molecule has 1 aromatic rings. The van der Waals surface area contributed by atoms with Gasteiger partial charge in [0.05, 0.1) is 0 Å². The molecule has 4 N–H and O–H groups in total. The number of halogens is 1. The maximum atomic E-state index is 5.16. The number of rotatable bonds is 3. The first-order valence-electron chi connectivity index (χ1n) is 3.37. The lowest BCUT2D eigenvalue weighted by Crippen LogP contribution is -2.23.